The number of benzene rings is 2. The maximum absolute atomic E-state index is 12.7. The normalized spacial score (nSPS) is 12.7. The van der Waals surface area contributed by atoms with Gasteiger partial charge in [-0.2, -0.15) is 15.0 Å². The van der Waals surface area contributed by atoms with E-state index < -0.39 is 0 Å². The zero-order chi connectivity index (χ0) is 16.7. The molecular formula is C19H12N4O. The molecule has 4 rings (SSSR count). The zero-order valence-electron chi connectivity index (χ0n) is 12.9. The van der Waals surface area contributed by atoms with Gasteiger partial charge in [0, 0.05) is 11.1 Å². The molecule has 1 aliphatic heterocycles. The van der Waals surface area contributed by atoms with Crippen LogP contribution >= 0.6 is 0 Å². The van der Waals surface area contributed by atoms with E-state index in [9.17, 15) is 4.79 Å². The fourth-order valence-corrected chi connectivity index (χ4v) is 2.85. The van der Waals surface area contributed by atoms with Crippen molar-refractivity contribution in [2.45, 2.75) is 6.92 Å². The maximum atomic E-state index is 12.7. The van der Waals surface area contributed by atoms with Crippen LogP contribution in [0.2, 0.25) is 0 Å². The second kappa shape index (κ2) is 5.28. The van der Waals surface area contributed by atoms with Crippen molar-refractivity contribution < 1.29 is 4.79 Å². The van der Waals surface area contributed by atoms with Crippen molar-refractivity contribution in [3.63, 3.8) is 0 Å². The van der Waals surface area contributed by atoms with Gasteiger partial charge < -0.3 is 0 Å². The summed E-state index contributed by atoms with van der Waals surface area (Å²) in [6.45, 7) is 1.87. The standard InChI is InChI=1S/C19H12N4O/c1-12-16(14-5-3-2-4-6-14)18-21-17(19(24)23(18)22-12)15-9-7-13(11-20)8-10-15/h2-10H,1H3. The number of aliphatic imine (C=N–C) groups is 1. The topological polar surface area (TPSA) is 71.0 Å². The molecule has 0 N–H and O–H groups in total. The summed E-state index contributed by atoms with van der Waals surface area (Å²) in [4.78, 5) is 17.2. The SMILES string of the molecule is Cc1nn2c(c1-c1ccccc1)N=C(c1ccc(C#N)cc1)C2=O. The Bertz CT molecular complexity index is 1020. The molecule has 0 fully saturated rings. The van der Waals surface area contributed by atoms with Gasteiger partial charge in [0.2, 0.25) is 0 Å². The molecule has 3 aromatic rings. The smallest absolute Gasteiger partial charge is 0.265 e. The lowest BCUT2D eigenvalue weighted by molar-refractivity contribution is 0.0984. The molecule has 2 heterocycles. The zero-order valence-corrected chi connectivity index (χ0v) is 12.9. The van der Waals surface area contributed by atoms with Crippen molar-refractivity contribution in [3.05, 3.63) is 71.4 Å². The highest BCUT2D eigenvalue weighted by molar-refractivity contribution is 6.48. The largest absolute Gasteiger partial charge is 0.299 e. The van der Waals surface area contributed by atoms with Crippen LogP contribution in [0.15, 0.2) is 59.6 Å². The second-order valence-corrected chi connectivity index (χ2v) is 5.52. The number of hydrogen-bond acceptors (Lipinski definition) is 4. The summed E-state index contributed by atoms with van der Waals surface area (Å²) in [6, 6.07) is 18.7. The van der Waals surface area contributed by atoms with Gasteiger partial charge in [0.05, 0.1) is 17.3 Å². The van der Waals surface area contributed by atoms with Crippen LogP contribution in [0.5, 0.6) is 0 Å². The maximum Gasteiger partial charge on any atom is 0.299 e. The third kappa shape index (κ3) is 2.05. The first-order valence-corrected chi connectivity index (χ1v) is 7.48. The highest BCUT2D eigenvalue weighted by atomic mass is 16.2. The van der Waals surface area contributed by atoms with Crippen LogP contribution in [0.4, 0.5) is 5.82 Å². The first-order valence-electron chi connectivity index (χ1n) is 7.48. The van der Waals surface area contributed by atoms with Crippen LogP contribution in [0, 0.1) is 18.3 Å². The number of aryl methyl sites for hydroxylation is 1. The van der Waals surface area contributed by atoms with Crippen molar-refractivity contribution in [1.82, 2.24) is 9.78 Å². The lowest BCUT2D eigenvalue weighted by Crippen LogP contribution is -2.18. The van der Waals surface area contributed by atoms with Gasteiger partial charge in [0.1, 0.15) is 5.71 Å². The Kier molecular flexibility index (Phi) is 3.10. The third-order valence-corrected chi connectivity index (χ3v) is 4.00. The molecule has 0 unspecified atom stereocenters. The van der Waals surface area contributed by atoms with E-state index in [0.717, 1.165) is 16.8 Å². The Labute approximate surface area is 138 Å². The van der Waals surface area contributed by atoms with Crippen LogP contribution in [-0.2, 0) is 0 Å². The Morgan fingerprint density at radius 3 is 2.38 bits per heavy atom. The van der Waals surface area contributed by atoms with Crippen molar-refractivity contribution in [2.75, 3.05) is 0 Å². The molecule has 0 bridgehead atoms. The van der Waals surface area contributed by atoms with Gasteiger partial charge in [0.25, 0.3) is 5.91 Å². The molecule has 0 atom stereocenters. The number of rotatable bonds is 2. The Morgan fingerprint density at radius 2 is 1.71 bits per heavy atom. The molecule has 5 heteroatoms. The molecule has 114 valence electrons. The molecule has 0 radical (unpaired) electrons. The Morgan fingerprint density at radius 1 is 1.00 bits per heavy atom. The number of nitrogens with zero attached hydrogens (tertiary/aromatic N) is 4. The van der Waals surface area contributed by atoms with Crippen LogP contribution in [-0.4, -0.2) is 21.4 Å². The van der Waals surface area contributed by atoms with Crippen molar-refractivity contribution >= 4 is 17.4 Å². The van der Waals surface area contributed by atoms with Crippen LogP contribution in [0.1, 0.15) is 21.6 Å². The first-order chi connectivity index (χ1) is 11.7. The van der Waals surface area contributed by atoms with Crippen molar-refractivity contribution in [3.8, 4) is 17.2 Å². The van der Waals surface area contributed by atoms with Crippen molar-refractivity contribution in [2.24, 2.45) is 4.99 Å². The van der Waals surface area contributed by atoms with E-state index in [-0.39, 0.29) is 5.91 Å². The third-order valence-electron chi connectivity index (χ3n) is 4.00. The second-order valence-electron chi connectivity index (χ2n) is 5.52. The molecule has 2 aromatic carbocycles. The van der Waals surface area contributed by atoms with E-state index in [1.807, 2.05) is 37.3 Å². The summed E-state index contributed by atoms with van der Waals surface area (Å²) < 4.78 is 1.35. The average Bonchev–Trinajstić information content (AvgIpc) is 3.11. The Hall–Kier alpha value is -3.52. The summed E-state index contributed by atoms with van der Waals surface area (Å²) in [5.41, 5.74) is 4.19. The monoisotopic (exact) mass is 312 g/mol. The molecule has 24 heavy (non-hydrogen) atoms. The molecule has 0 saturated heterocycles. The van der Waals surface area contributed by atoms with Crippen LogP contribution in [0.3, 0.4) is 0 Å². The quantitative estimate of drug-likeness (QED) is 0.727. The van der Waals surface area contributed by atoms with Gasteiger partial charge in [-0.15, -0.1) is 0 Å². The van der Waals surface area contributed by atoms with Crippen LogP contribution in [0.25, 0.3) is 11.1 Å². The molecule has 1 aliphatic rings. The predicted molar refractivity (Wildman–Crippen MR) is 90.4 cm³/mol. The minimum Gasteiger partial charge on any atom is -0.265 e. The predicted octanol–water partition coefficient (Wildman–Crippen LogP) is 3.50. The van der Waals surface area contributed by atoms with Gasteiger partial charge >= 0.3 is 0 Å². The molecular weight excluding hydrogens is 300 g/mol. The summed E-state index contributed by atoms with van der Waals surface area (Å²) in [6.07, 6.45) is 0. The van der Waals surface area contributed by atoms with E-state index in [1.54, 1.807) is 24.3 Å². The molecule has 0 saturated carbocycles. The summed E-state index contributed by atoms with van der Waals surface area (Å²) in [5, 5.41) is 13.2. The number of nitriles is 1. The number of fused-ring (bicyclic) bond motifs is 1. The fraction of sp³-hybridized carbons (Fsp3) is 0.0526. The minimum atomic E-state index is -0.250. The Balaban J connectivity index is 1.84. The highest BCUT2D eigenvalue weighted by Gasteiger charge is 2.30. The van der Waals surface area contributed by atoms with E-state index >= 15 is 0 Å². The lowest BCUT2D eigenvalue weighted by Gasteiger charge is -2.00. The van der Waals surface area contributed by atoms with E-state index in [4.69, 9.17) is 5.26 Å². The number of carbonyl (C=O) groups excluding carboxylic acids is 1. The summed E-state index contributed by atoms with van der Waals surface area (Å²) in [5.74, 6) is 0.308. The summed E-state index contributed by atoms with van der Waals surface area (Å²) >= 11 is 0. The van der Waals surface area contributed by atoms with Gasteiger partial charge in [-0.05, 0) is 24.6 Å². The molecule has 0 aliphatic carbocycles. The van der Waals surface area contributed by atoms with Gasteiger partial charge in [-0.25, -0.2) is 4.99 Å². The number of hydrogen-bond donors (Lipinski definition) is 0. The number of carbonyl (C=O) groups is 1. The highest BCUT2D eigenvalue weighted by Crippen LogP contribution is 2.36. The minimum absolute atomic E-state index is 0.250. The van der Waals surface area contributed by atoms with E-state index in [1.165, 1.54) is 4.68 Å². The number of aromatic nitrogens is 2. The first kappa shape index (κ1) is 14.1. The van der Waals surface area contributed by atoms with Gasteiger partial charge in [0.15, 0.2) is 5.82 Å². The average molecular weight is 312 g/mol. The molecule has 0 amide bonds. The molecule has 1 aromatic heterocycles. The van der Waals surface area contributed by atoms with Gasteiger partial charge in [-0.3, -0.25) is 4.79 Å². The fourth-order valence-electron chi connectivity index (χ4n) is 2.85. The lowest BCUT2D eigenvalue weighted by atomic mass is 10.1. The summed E-state index contributed by atoms with van der Waals surface area (Å²) in [7, 11) is 0. The van der Waals surface area contributed by atoms with Crippen molar-refractivity contribution in [1.29, 1.82) is 5.26 Å². The van der Waals surface area contributed by atoms with Crippen LogP contribution < -0.4 is 0 Å². The molecule has 0 spiro atoms. The molecule has 5 nitrogen and oxygen atoms in total. The van der Waals surface area contributed by atoms with Gasteiger partial charge in [-0.1, -0.05) is 42.5 Å². The van der Waals surface area contributed by atoms with E-state index in [0.29, 0.717) is 22.7 Å². The van der Waals surface area contributed by atoms with E-state index in [2.05, 4.69) is 16.2 Å².